The average Bonchev–Trinajstić information content (AvgIpc) is 3.44. The third kappa shape index (κ3) is 6.23. The lowest BCUT2D eigenvalue weighted by Gasteiger charge is -2.25. The van der Waals surface area contributed by atoms with Crippen LogP contribution in [0.5, 0.6) is 0 Å². The summed E-state index contributed by atoms with van der Waals surface area (Å²) in [6, 6.07) is 29.2. The minimum Gasteiger partial charge on any atom is -0.387 e. The molecule has 32 heavy (non-hydrogen) atoms. The van der Waals surface area contributed by atoms with Crippen molar-refractivity contribution < 1.29 is 14.0 Å². The topological polar surface area (TPSA) is 38.7 Å². The van der Waals surface area contributed by atoms with Crippen molar-refractivity contribution in [1.82, 2.24) is 0 Å². The van der Waals surface area contributed by atoms with Gasteiger partial charge in [0, 0.05) is 10.7 Å². The van der Waals surface area contributed by atoms with Crippen molar-refractivity contribution in [2.24, 2.45) is 5.92 Å². The number of ether oxygens (including phenoxy) is 1. The van der Waals surface area contributed by atoms with Crippen LogP contribution in [0.3, 0.4) is 0 Å². The highest BCUT2D eigenvalue weighted by Gasteiger charge is 2.53. The Morgan fingerprint density at radius 2 is 1.59 bits per heavy atom. The summed E-state index contributed by atoms with van der Waals surface area (Å²) in [5.74, 6) is 0.147. The van der Waals surface area contributed by atoms with Crippen molar-refractivity contribution in [2.45, 2.75) is 43.6 Å². The standard InChI is InChI=1S/C28H32O3S/c1-27(2,17-24-15-9-10-16-26(24)23-13-7-4-8-14-23)32-31-21-28(29)18-25(28)20-30-19-22-11-5-3-6-12-22/h3-16,25,29H,17-21H2,1-2H3. The van der Waals surface area contributed by atoms with Gasteiger partial charge in [-0.25, -0.2) is 0 Å². The van der Waals surface area contributed by atoms with Gasteiger partial charge in [-0.2, -0.15) is 0 Å². The van der Waals surface area contributed by atoms with E-state index in [4.69, 9.17) is 8.92 Å². The van der Waals surface area contributed by atoms with E-state index in [-0.39, 0.29) is 10.7 Å². The van der Waals surface area contributed by atoms with E-state index in [1.807, 2.05) is 24.3 Å². The number of benzene rings is 3. The number of hydrogen-bond acceptors (Lipinski definition) is 4. The third-order valence-electron chi connectivity index (χ3n) is 5.94. The predicted molar refractivity (Wildman–Crippen MR) is 132 cm³/mol. The smallest absolute Gasteiger partial charge is 0.0948 e. The molecule has 1 fully saturated rings. The third-order valence-corrected chi connectivity index (χ3v) is 6.77. The highest BCUT2D eigenvalue weighted by atomic mass is 32.2. The molecule has 2 unspecified atom stereocenters. The summed E-state index contributed by atoms with van der Waals surface area (Å²) in [7, 11) is 0. The first-order chi connectivity index (χ1) is 15.5. The first-order valence-corrected chi connectivity index (χ1v) is 12.0. The summed E-state index contributed by atoms with van der Waals surface area (Å²) in [6.07, 6.45) is 1.62. The molecule has 1 aliphatic carbocycles. The lowest BCUT2D eigenvalue weighted by molar-refractivity contribution is 0.0433. The zero-order chi connectivity index (χ0) is 22.4. The number of hydrogen-bond donors (Lipinski definition) is 1. The summed E-state index contributed by atoms with van der Waals surface area (Å²) < 4.78 is 11.6. The van der Waals surface area contributed by atoms with Gasteiger partial charge in [-0.1, -0.05) is 84.9 Å². The molecule has 0 spiro atoms. The predicted octanol–water partition coefficient (Wildman–Crippen LogP) is 6.31. The van der Waals surface area contributed by atoms with Gasteiger partial charge in [0.05, 0.1) is 25.4 Å². The van der Waals surface area contributed by atoms with Crippen LogP contribution < -0.4 is 0 Å². The Bertz CT molecular complexity index is 990. The van der Waals surface area contributed by atoms with Crippen molar-refractivity contribution in [3.63, 3.8) is 0 Å². The first-order valence-electron chi connectivity index (χ1n) is 11.2. The molecule has 0 aromatic heterocycles. The molecule has 1 aliphatic rings. The molecule has 2 atom stereocenters. The largest absolute Gasteiger partial charge is 0.387 e. The van der Waals surface area contributed by atoms with E-state index >= 15 is 0 Å². The zero-order valence-electron chi connectivity index (χ0n) is 18.9. The van der Waals surface area contributed by atoms with Crippen molar-refractivity contribution >= 4 is 12.0 Å². The molecule has 1 saturated carbocycles. The van der Waals surface area contributed by atoms with Crippen LogP contribution in [-0.2, 0) is 21.9 Å². The van der Waals surface area contributed by atoms with Crippen LogP contribution >= 0.6 is 12.0 Å². The van der Waals surface area contributed by atoms with Crippen molar-refractivity contribution in [2.75, 3.05) is 13.2 Å². The van der Waals surface area contributed by atoms with Crippen LogP contribution in [0.2, 0.25) is 0 Å². The van der Waals surface area contributed by atoms with E-state index in [0.717, 1.165) is 18.4 Å². The fourth-order valence-electron chi connectivity index (χ4n) is 4.00. The quantitative estimate of drug-likeness (QED) is 0.349. The normalized spacial score (nSPS) is 20.3. The van der Waals surface area contributed by atoms with Crippen molar-refractivity contribution in [1.29, 1.82) is 0 Å². The van der Waals surface area contributed by atoms with E-state index in [0.29, 0.717) is 19.8 Å². The van der Waals surface area contributed by atoms with E-state index in [1.54, 1.807) is 0 Å². The summed E-state index contributed by atoms with van der Waals surface area (Å²) >= 11 is 1.47. The second-order valence-corrected chi connectivity index (χ2v) is 10.8. The summed E-state index contributed by atoms with van der Waals surface area (Å²) in [4.78, 5) is 0. The van der Waals surface area contributed by atoms with Crippen LogP contribution in [0.1, 0.15) is 31.4 Å². The van der Waals surface area contributed by atoms with Crippen molar-refractivity contribution in [3.8, 4) is 11.1 Å². The average molecular weight is 449 g/mol. The molecule has 0 radical (unpaired) electrons. The summed E-state index contributed by atoms with van der Waals surface area (Å²) in [5, 5.41) is 10.7. The lowest BCUT2D eigenvalue weighted by atomic mass is 9.93. The molecule has 1 N–H and O–H groups in total. The van der Waals surface area contributed by atoms with Gasteiger partial charge in [0.1, 0.15) is 0 Å². The Labute approximate surface area is 196 Å². The lowest BCUT2D eigenvalue weighted by Crippen LogP contribution is -2.24. The Morgan fingerprint density at radius 1 is 0.938 bits per heavy atom. The Balaban J connectivity index is 1.24. The monoisotopic (exact) mass is 448 g/mol. The highest BCUT2D eigenvalue weighted by molar-refractivity contribution is 7.96. The van der Waals surface area contributed by atoms with Gasteiger partial charge < -0.3 is 14.0 Å². The SMILES string of the molecule is CC(C)(Cc1ccccc1-c1ccccc1)SOCC1(O)CC1COCc1ccccc1. The van der Waals surface area contributed by atoms with Gasteiger partial charge in [-0.05, 0) is 61.0 Å². The number of rotatable bonds is 11. The van der Waals surface area contributed by atoms with E-state index < -0.39 is 5.60 Å². The Kier molecular flexibility index (Phi) is 7.37. The molecule has 0 amide bonds. The Hall–Kier alpha value is -2.11. The van der Waals surface area contributed by atoms with Crippen LogP contribution in [0, 0.1) is 5.92 Å². The summed E-state index contributed by atoms with van der Waals surface area (Å²) in [6.45, 7) is 5.86. The molecule has 3 nitrogen and oxygen atoms in total. The zero-order valence-corrected chi connectivity index (χ0v) is 19.7. The second kappa shape index (κ2) is 10.2. The minimum absolute atomic E-state index is 0.116. The molecule has 3 aromatic rings. The minimum atomic E-state index is -0.762. The van der Waals surface area contributed by atoms with Crippen LogP contribution in [0.15, 0.2) is 84.9 Å². The molecule has 0 aliphatic heterocycles. The maximum atomic E-state index is 10.7. The van der Waals surface area contributed by atoms with Gasteiger partial charge in [0.15, 0.2) is 0 Å². The summed E-state index contributed by atoms with van der Waals surface area (Å²) in [5.41, 5.74) is 4.19. The maximum Gasteiger partial charge on any atom is 0.0948 e. The molecule has 3 aromatic carbocycles. The molecular formula is C28H32O3S. The molecule has 0 bridgehead atoms. The molecular weight excluding hydrogens is 416 g/mol. The van der Waals surface area contributed by atoms with E-state index in [9.17, 15) is 5.11 Å². The maximum absolute atomic E-state index is 10.7. The first kappa shape index (κ1) is 23.1. The van der Waals surface area contributed by atoms with Crippen LogP contribution in [0.4, 0.5) is 0 Å². The van der Waals surface area contributed by atoms with Gasteiger partial charge in [-0.3, -0.25) is 0 Å². The highest BCUT2D eigenvalue weighted by Crippen LogP contribution is 2.45. The Morgan fingerprint density at radius 3 is 2.34 bits per heavy atom. The van der Waals surface area contributed by atoms with Gasteiger partial charge >= 0.3 is 0 Å². The fourth-order valence-corrected chi connectivity index (χ4v) is 4.80. The van der Waals surface area contributed by atoms with Gasteiger partial charge in [-0.15, -0.1) is 0 Å². The van der Waals surface area contributed by atoms with Crippen LogP contribution in [0.25, 0.3) is 11.1 Å². The van der Waals surface area contributed by atoms with Crippen LogP contribution in [-0.4, -0.2) is 28.7 Å². The van der Waals surface area contributed by atoms with Gasteiger partial charge in [0.2, 0.25) is 0 Å². The van der Waals surface area contributed by atoms with E-state index in [2.05, 4.69) is 74.5 Å². The second-order valence-electron chi connectivity index (χ2n) is 9.31. The molecule has 0 heterocycles. The molecule has 4 rings (SSSR count). The fraction of sp³-hybridized carbons (Fsp3) is 0.357. The molecule has 0 saturated heterocycles. The molecule has 168 valence electrons. The van der Waals surface area contributed by atoms with Gasteiger partial charge in [0.25, 0.3) is 0 Å². The number of aliphatic hydroxyl groups is 1. The molecule has 4 heteroatoms. The van der Waals surface area contributed by atoms with E-state index in [1.165, 1.54) is 28.7 Å². The van der Waals surface area contributed by atoms with Crippen molar-refractivity contribution in [3.05, 3.63) is 96.1 Å².